The molecule has 0 aromatic heterocycles. The van der Waals surface area contributed by atoms with Gasteiger partial charge in [-0.25, -0.2) is 12.8 Å². The lowest BCUT2D eigenvalue weighted by Crippen LogP contribution is -2.44. The van der Waals surface area contributed by atoms with E-state index in [1.165, 1.54) is 4.31 Å². The first kappa shape index (κ1) is 23.7. The van der Waals surface area contributed by atoms with E-state index in [0.717, 1.165) is 35.7 Å². The molecule has 0 aliphatic carbocycles. The number of carbonyl (C=O) groups is 2. The summed E-state index contributed by atoms with van der Waals surface area (Å²) in [6.45, 7) is 4.18. The Morgan fingerprint density at radius 3 is 2.41 bits per heavy atom. The number of hydrogen-bond donors (Lipinski definition) is 2. The number of ether oxygens (including phenoxy) is 1. The second-order valence-corrected chi connectivity index (χ2v) is 9.55. The average molecular weight is 464 g/mol. The van der Waals surface area contributed by atoms with E-state index in [1.54, 1.807) is 12.1 Å². The Hall–Kier alpha value is -2.98. The number of nitrogens with one attached hydrogen (secondary N) is 2. The maximum atomic E-state index is 14.3. The van der Waals surface area contributed by atoms with Crippen LogP contribution in [0.1, 0.15) is 40.7 Å². The van der Waals surface area contributed by atoms with E-state index in [2.05, 4.69) is 10.9 Å². The van der Waals surface area contributed by atoms with Crippen molar-refractivity contribution in [2.75, 3.05) is 19.7 Å². The van der Waals surface area contributed by atoms with Gasteiger partial charge in [-0.2, -0.15) is 4.31 Å². The highest BCUT2D eigenvalue weighted by molar-refractivity contribution is 7.89. The maximum absolute atomic E-state index is 14.3. The Balaban J connectivity index is 1.60. The van der Waals surface area contributed by atoms with Gasteiger partial charge in [0, 0.05) is 18.7 Å². The van der Waals surface area contributed by atoms with Gasteiger partial charge in [-0.15, -0.1) is 0 Å². The quantitative estimate of drug-likeness (QED) is 0.641. The van der Waals surface area contributed by atoms with Gasteiger partial charge in [0.1, 0.15) is 16.5 Å². The third-order valence-electron chi connectivity index (χ3n) is 5.29. The van der Waals surface area contributed by atoms with Crippen LogP contribution < -0.4 is 15.6 Å². The molecule has 172 valence electrons. The van der Waals surface area contributed by atoms with Crippen molar-refractivity contribution >= 4 is 21.8 Å². The van der Waals surface area contributed by atoms with Crippen molar-refractivity contribution in [1.82, 2.24) is 15.2 Å². The van der Waals surface area contributed by atoms with E-state index < -0.39 is 32.6 Å². The van der Waals surface area contributed by atoms with E-state index in [1.807, 2.05) is 19.9 Å². The summed E-state index contributed by atoms with van der Waals surface area (Å²) < 4.78 is 46.5. The molecule has 2 N–H and O–H groups in total. The van der Waals surface area contributed by atoms with E-state index in [4.69, 9.17) is 4.74 Å². The van der Waals surface area contributed by atoms with Crippen LogP contribution in [-0.4, -0.2) is 44.2 Å². The summed E-state index contributed by atoms with van der Waals surface area (Å²) in [5.74, 6) is -1.81. The summed E-state index contributed by atoms with van der Waals surface area (Å²) in [4.78, 5) is 23.8. The monoisotopic (exact) mass is 463 g/mol. The lowest BCUT2D eigenvalue weighted by Gasteiger charge is -2.26. The van der Waals surface area contributed by atoms with Crippen molar-refractivity contribution in [3.63, 3.8) is 0 Å². The second kappa shape index (κ2) is 10.1. The molecule has 2 aromatic rings. The highest BCUT2D eigenvalue weighted by atomic mass is 32.2. The average Bonchev–Trinajstić information content (AvgIpc) is 2.79. The fourth-order valence-corrected chi connectivity index (χ4v) is 4.88. The van der Waals surface area contributed by atoms with Crippen molar-refractivity contribution in [3.8, 4) is 5.75 Å². The summed E-state index contributed by atoms with van der Waals surface area (Å²) in [6.07, 6.45) is 2.33. The number of halogens is 1. The number of hydrogen-bond acceptors (Lipinski definition) is 5. The van der Waals surface area contributed by atoms with Crippen LogP contribution in [0.25, 0.3) is 0 Å². The van der Waals surface area contributed by atoms with Gasteiger partial charge in [0.05, 0.1) is 0 Å². The Kier molecular flexibility index (Phi) is 7.47. The maximum Gasteiger partial charge on any atom is 0.276 e. The Morgan fingerprint density at radius 1 is 1.00 bits per heavy atom. The number of nitrogens with zero attached hydrogens (tertiary/aromatic N) is 1. The first-order valence-electron chi connectivity index (χ1n) is 10.3. The van der Waals surface area contributed by atoms with Crippen molar-refractivity contribution in [2.24, 2.45) is 0 Å². The first-order valence-corrected chi connectivity index (χ1v) is 11.7. The zero-order valence-corrected chi connectivity index (χ0v) is 18.8. The molecular weight excluding hydrogens is 437 g/mol. The summed E-state index contributed by atoms with van der Waals surface area (Å²) in [6, 6.07) is 8.45. The Bertz CT molecular complexity index is 1110. The van der Waals surface area contributed by atoms with E-state index in [-0.39, 0.29) is 12.2 Å². The van der Waals surface area contributed by atoms with Gasteiger partial charge in [-0.3, -0.25) is 20.4 Å². The van der Waals surface area contributed by atoms with Crippen molar-refractivity contribution in [1.29, 1.82) is 0 Å². The van der Waals surface area contributed by atoms with Crippen LogP contribution in [0.15, 0.2) is 41.3 Å². The number of rotatable bonds is 6. The molecule has 0 bridgehead atoms. The molecule has 0 radical (unpaired) electrons. The zero-order valence-electron chi connectivity index (χ0n) is 18.0. The topological polar surface area (TPSA) is 105 Å². The largest absolute Gasteiger partial charge is 0.484 e. The molecule has 2 amide bonds. The normalized spacial score (nSPS) is 14.6. The molecule has 1 heterocycles. The van der Waals surface area contributed by atoms with E-state index in [0.29, 0.717) is 31.7 Å². The summed E-state index contributed by atoms with van der Waals surface area (Å²) in [7, 11) is -4.05. The molecule has 2 aromatic carbocycles. The van der Waals surface area contributed by atoms with Gasteiger partial charge < -0.3 is 4.74 Å². The molecular formula is C22H26FN3O5S. The summed E-state index contributed by atoms with van der Waals surface area (Å²) in [5, 5.41) is 0. The summed E-state index contributed by atoms with van der Waals surface area (Å²) in [5.41, 5.74) is 6.39. The van der Waals surface area contributed by atoms with E-state index in [9.17, 15) is 22.4 Å². The molecule has 0 spiro atoms. The predicted octanol–water partition coefficient (Wildman–Crippen LogP) is 2.46. The predicted molar refractivity (Wildman–Crippen MR) is 116 cm³/mol. The van der Waals surface area contributed by atoms with Crippen molar-refractivity contribution in [2.45, 2.75) is 38.0 Å². The van der Waals surface area contributed by atoms with Gasteiger partial charge >= 0.3 is 0 Å². The number of piperidine rings is 1. The van der Waals surface area contributed by atoms with Gasteiger partial charge in [-0.05, 0) is 68.1 Å². The molecule has 1 fully saturated rings. The van der Waals surface area contributed by atoms with Crippen LogP contribution in [0.5, 0.6) is 5.75 Å². The number of sulfonamides is 1. The fraction of sp³-hybridized carbons (Fsp3) is 0.364. The molecule has 0 atom stereocenters. The molecule has 3 rings (SSSR count). The van der Waals surface area contributed by atoms with Crippen LogP contribution in [0.2, 0.25) is 0 Å². The first-order chi connectivity index (χ1) is 15.2. The number of aryl methyl sites for hydroxylation is 2. The molecule has 1 aliphatic rings. The van der Waals surface area contributed by atoms with Crippen LogP contribution in [0, 0.1) is 19.7 Å². The summed E-state index contributed by atoms with van der Waals surface area (Å²) >= 11 is 0. The molecule has 10 heteroatoms. The van der Waals surface area contributed by atoms with Gasteiger partial charge in [0.25, 0.3) is 11.8 Å². The fourth-order valence-electron chi connectivity index (χ4n) is 3.27. The molecule has 1 saturated heterocycles. The SMILES string of the molecule is Cc1ccc(OCC(=O)NNC(=O)c2ccc(F)c(S(=O)(=O)N3CCCCC3)c2)cc1C. The standard InChI is InChI=1S/C22H26FN3O5S/c1-15-6-8-18(12-16(15)2)31-14-21(27)24-25-22(28)17-7-9-19(23)20(13-17)32(29,30)26-10-4-3-5-11-26/h6-9,12-13H,3-5,10-11,14H2,1-2H3,(H,24,27)(H,25,28). The molecule has 32 heavy (non-hydrogen) atoms. The second-order valence-electron chi connectivity index (χ2n) is 7.65. The zero-order chi connectivity index (χ0) is 23.3. The minimum absolute atomic E-state index is 0.0997. The molecule has 8 nitrogen and oxygen atoms in total. The molecule has 0 unspecified atom stereocenters. The highest BCUT2D eigenvalue weighted by Gasteiger charge is 2.29. The van der Waals surface area contributed by atoms with Crippen LogP contribution in [-0.2, 0) is 14.8 Å². The lowest BCUT2D eigenvalue weighted by molar-refractivity contribution is -0.123. The smallest absolute Gasteiger partial charge is 0.276 e. The number of benzene rings is 2. The van der Waals surface area contributed by atoms with Crippen molar-refractivity contribution < 1.29 is 27.1 Å². The lowest BCUT2D eigenvalue weighted by atomic mass is 10.1. The number of carbonyl (C=O) groups excluding carboxylic acids is 2. The third-order valence-corrected chi connectivity index (χ3v) is 7.20. The van der Waals surface area contributed by atoms with Crippen LogP contribution in [0.3, 0.4) is 0 Å². The Morgan fingerprint density at radius 2 is 1.72 bits per heavy atom. The van der Waals surface area contributed by atoms with E-state index >= 15 is 0 Å². The minimum Gasteiger partial charge on any atom is -0.484 e. The third kappa shape index (κ3) is 5.63. The van der Waals surface area contributed by atoms with Crippen LogP contribution >= 0.6 is 0 Å². The Labute approximate surface area is 186 Å². The van der Waals surface area contributed by atoms with Crippen LogP contribution in [0.4, 0.5) is 4.39 Å². The van der Waals surface area contributed by atoms with Gasteiger partial charge in [-0.1, -0.05) is 12.5 Å². The molecule has 0 saturated carbocycles. The minimum atomic E-state index is -4.05. The highest BCUT2D eigenvalue weighted by Crippen LogP contribution is 2.24. The van der Waals surface area contributed by atoms with Gasteiger partial charge in [0.15, 0.2) is 6.61 Å². The number of amides is 2. The molecule has 1 aliphatic heterocycles. The van der Waals surface area contributed by atoms with Gasteiger partial charge in [0.2, 0.25) is 10.0 Å². The van der Waals surface area contributed by atoms with Crippen molar-refractivity contribution in [3.05, 3.63) is 58.9 Å². The number of hydrazine groups is 1.